The number of ether oxygens (including phenoxy) is 1. The molecule has 5 rings (SSSR count). The summed E-state index contributed by atoms with van der Waals surface area (Å²) in [6, 6.07) is 19.6. The maximum Gasteiger partial charge on any atom is 0.255 e. The molecule has 0 spiro atoms. The zero-order valence-corrected chi connectivity index (χ0v) is 19.8. The lowest BCUT2D eigenvalue weighted by Crippen LogP contribution is -2.19. The number of methoxy groups -OCH3 is 1. The number of aliphatic imine (C=N–C) groups is 2. The number of hydrogen-bond donors (Lipinski definition) is 4. The van der Waals surface area contributed by atoms with Gasteiger partial charge in [-0.15, -0.1) is 0 Å². The Hall–Kier alpha value is -4.66. The van der Waals surface area contributed by atoms with Crippen LogP contribution in [0.15, 0.2) is 76.7 Å². The summed E-state index contributed by atoms with van der Waals surface area (Å²) in [4.78, 5) is 34.7. The van der Waals surface area contributed by atoms with Crippen molar-refractivity contribution in [2.45, 2.75) is 0 Å². The van der Waals surface area contributed by atoms with E-state index in [1.165, 1.54) is 7.11 Å². The van der Waals surface area contributed by atoms with E-state index in [0.29, 0.717) is 28.3 Å². The Kier molecular flexibility index (Phi) is 6.61. The highest BCUT2D eigenvalue weighted by atomic mass is 16.5. The van der Waals surface area contributed by atoms with Crippen molar-refractivity contribution in [3.8, 4) is 5.75 Å². The molecule has 2 aliphatic rings. The van der Waals surface area contributed by atoms with Crippen LogP contribution in [-0.2, 0) is 0 Å². The SMILES string of the molecule is COc1cc(C(=O)Nc2ccc(C3=NCCN3)cc2)cc(C(=O)Nc2ccc(C3=NCCN3)cc2)c1. The van der Waals surface area contributed by atoms with Crippen molar-refractivity contribution in [3.63, 3.8) is 0 Å². The van der Waals surface area contributed by atoms with Crippen molar-refractivity contribution in [1.82, 2.24) is 10.6 Å². The Labute approximate surface area is 208 Å². The minimum atomic E-state index is -0.346. The summed E-state index contributed by atoms with van der Waals surface area (Å²) in [7, 11) is 1.50. The van der Waals surface area contributed by atoms with Crippen LogP contribution in [-0.4, -0.2) is 56.8 Å². The van der Waals surface area contributed by atoms with Gasteiger partial charge in [0, 0.05) is 46.7 Å². The van der Waals surface area contributed by atoms with Gasteiger partial charge in [-0.3, -0.25) is 19.6 Å². The lowest BCUT2D eigenvalue weighted by Gasteiger charge is -2.11. The Balaban J connectivity index is 1.28. The number of carbonyl (C=O) groups excluding carboxylic acids is 2. The molecule has 0 fully saturated rings. The first-order valence-corrected chi connectivity index (χ1v) is 11.7. The van der Waals surface area contributed by atoms with Gasteiger partial charge in [-0.2, -0.15) is 0 Å². The number of amidine groups is 2. The van der Waals surface area contributed by atoms with Gasteiger partial charge in [0.05, 0.1) is 20.2 Å². The molecule has 0 bridgehead atoms. The molecule has 0 atom stereocenters. The van der Waals surface area contributed by atoms with Crippen molar-refractivity contribution >= 4 is 34.9 Å². The van der Waals surface area contributed by atoms with Gasteiger partial charge in [-0.25, -0.2) is 0 Å². The molecule has 2 aliphatic heterocycles. The maximum absolute atomic E-state index is 13.0. The maximum atomic E-state index is 13.0. The average molecular weight is 483 g/mol. The van der Waals surface area contributed by atoms with E-state index in [0.717, 1.165) is 49.0 Å². The van der Waals surface area contributed by atoms with Crippen molar-refractivity contribution in [2.24, 2.45) is 9.98 Å². The first kappa shape index (κ1) is 23.1. The number of hydrogen-bond acceptors (Lipinski definition) is 7. The van der Waals surface area contributed by atoms with Crippen LogP contribution in [0, 0.1) is 0 Å². The molecular formula is C27H26N6O3. The molecule has 3 aromatic rings. The predicted molar refractivity (Wildman–Crippen MR) is 141 cm³/mol. The zero-order valence-electron chi connectivity index (χ0n) is 19.8. The van der Waals surface area contributed by atoms with E-state index in [1.807, 2.05) is 48.5 Å². The van der Waals surface area contributed by atoms with Gasteiger partial charge in [0.2, 0.25) is 0 Å². The summed E-state index contributed by atoms with van der Waals surface area (Å²) in [5.74, 6) is 1.43. The topological polar surface area (TPSA) is 116 Å². The zero-order chi connectivity index (χ0) is 24.9. The van der Waals surface area contributed by atoms with Gasteiger partial charge in [-0.05, 0) is 66.7 Å². The molecule has 3 aromatic carbocycles. The first-order valence-electron chi connectivity index (χ1n) is 11.7. The fraction of sp³-hybridized carbons (Fsp3) is 0.185. The van der Waals surface area contributed by atoms with E-state index in [1.54, 1.807) is 18.2 Å². The van der Waals surface area contributed by atoms with E-state index >= 15 is 0 Å². The summed E-state index contributed by atoms with van der Waals surface area (Å²) in [6.45, 7) is 3.19. The minimum Gasteiger partial charge on any atom is -0.497 e. The van der Waals surface area contributed by atoms with E-state index < -0.39 is 0 Å². The van der Waals surface area contributed by atoms with E-state index in [-0.39, 0.29) is 11.8 Å². The number of nitrogens with one attached hydrogen (secondary N) is 4. The van der Waals surface area contributed by atoms with E-state index in [4.69, 9.17) is 4.74 Å². The number of anilines is 2. The molecular weight excluding hydrogens is 456 g/mol. The standard InChI is InChI=1S/C27H26N6O3/c1-36-23-15-19(26(34)32-21-6-2-17(3-7-21)24-28-10-11-29-24)14-20(16-23)27(35)33-22-8-4-18(5-9-22)25-30-12-13-31-25/h2-9,14-16H,10-13H2,1H3,(H,28,29)(H,30,31)(H,32,34)(H,33,35). The van der Waals surface area contributed by atoms with Crippen LogP contribution >= 0.6 is 0 Å². The summed E-state index contributed by atoms with van der Waals surface area (Å²) < 4.78 is 5.34. The van der Waals surface area contributed by atoms with Crippen molar-refractivity contribution in [2.75, 3.05) is 43.9 Å². The molecule has 2 amide bonds. The van der Waals surface area contributed by atoms with Crippen molar-refractivity contribution in [3.05, 3.63) is 89.0 Å². The number of amides is 2. The highest BCUT2D eigenvalue weighted by molar-refractivity contribution is 6.09. The van der Waals surface area contributed by atoms with Crippen LogP contribution < -0.4 is 26.0 Å². The molecule has 0 saturated carbocycles. The van der Waals surface area contributed by atoms with Gasteiger partial charge < -0.3 is 26.0 Å². The van der Waals surface area contributed by atoms with Crippen molar-refractivity contribution in [1.29, 1.82) is 0 Å². The fourth-order valence-corrected chi connectivity index (χ4v) is 3.99. The second kappa shape index (κ2) is 10.3. The summed E-state index contributed by atoms with van der Waals surface area (Å²) in [5.41, 5.74) is 3.82. The molecule has 9 nitrogen and oxygen atoms in total. The molecule has 9 heteroatoms. The number of rotatable bonds is 7. The van der Waals surface area contributed by atoms with Crippen LogP contribution in [0.25, 0.3) is 0 Å². The molecule has 0 aliphatic carbocycles. The highest BCUT2D eigenvalue weighted by Gasteiger charge is 2.15. The van der Waals surface area contributed by atoms with Gasteiger partial charge in [0.25, 0.3) is 11.8 Å². The first-order chi connectivity index (χ1) is 17.6. The lowest BCUT2D eigenvalue weighted by molar-refractivity contribution is 0.102. The van der Waals surface area contributed by atoms with Crippen LogP contribution in [0.1, 0.15) is 31.8 Å². The summed E-state index contributed by atoms with van der Waals surface area (Å²) >= 11 is 0. The van der Waals surface area contributed by atoms with Gasteiger partial charge >= 0.3 is 0 Å². The Morgan fingerprint density at radius 1 is 0.722 bits per heavy atom. The monoisotopic (exact) mass is 482 g/mol. The second-order valence-corrected chi connectivity index (χ2v) is 8.33. The molecule has 0 unspecified atom stereocenters. The third-order valence-corrected chi connectivity index (χ3v) is 5.85. The largest absolute Gasteiger partial charge is 0.497 e. The molecule has 0 radical (unpaired) electrons. The highest BCUT2D eigenvalue weighted by Crippen LogP contribution is 2.21. The van der Waals surface area contributed by atoms with Gasteiger partial charge in [0.1, 0.15) is 17.4 Å². The molecule has 0 aromatic heterocycles. The van der Waals surface area contributed by atoms with Crippen LogP contribution in [0.5, 0.6) is 5.75 Å². The van der Waals surface area contributed by atoms with Crippen molar-refractivity contribution < 1.29 is 14.3 Å². The van der Waals surface area contributed by atoms with Crippen LogP contribution in [0.3, 0.4) is 0 Å². The predicted octanol–water partition coefficient (Wildman–Crippen LogP) is 2.90. The van der Waals surface area contributed by atoms with Crippen LogP contribution in [0.2, 0.25) is 0 Å². The van der Waals surface area contributed by atoms with Crippen LogP contribution in [0.4, 0.5) is 11.4 Å². The molecule has 2 heterocycles. The lowest BCUT2D eigenvalue weighted by atomic mass is 10.1. The van der Waals surface area contributed by atoms with E-state index in [2.05, 4.69) is 31.3 Å². The molecule has 4 N–H and O–H groups in total. The smallest absolute Gasteiger partial charge is 0.255 e. The van der Waals surface area contributed by atoms with Gasteiger partial charge in [-0.1, -0.05) is 0 Å². The average Bonchev–Trinajstić information content (AvgIpc) is 3.64. The quantitative estimate of drug-likeness (QED) is 0.413. The Morgan fingerprint density at radius 3 is 1.53 bits per heavy atom. The van der Waals surface area contributed by atoms with Gasteiger partial charge in [0.15, 0.2) is 0 Å². The number of benzene rings is 3. The third kappa shape index (κ3) is 5.20. The normalized spacial score (nSPS) is 14.2. The van der Waals surface area contributed by atoms with E-state index in [9.17, 15) is 9.59 Å². The molecule has 0 saturated heterocycles. The summed E-state index contributed by atoms with van der Waals surface area (Å²) in [6.07, 6.45) is 0. The second-order valence-electron chi connectivity index (χ2n) is 8.33. The number of nitrogens with zero attached hydrogens (tertiary/aromatic N) is 2. The Bertz CT molecular complexity index is 1250. The molecule has 182 valence electrons. The number of carbonyl (C=O) groups is 2. The summed E-state index contributed by atoms with van der Waals surface area (Å²) in [5, 5.41) is 12.2. The molecule has 36 heavy (non-hydrogen) atoms. The minimum absolute atomic E-state index is 0.311. The Morgan fingerprint density at radius 2 is 1.17 bits per heavy atom. The fourth-order valence-electron chi connectivity index (χ4n) is 3.99. The third-order valence-electron chi connectivity index (χ3n) is 5.85.